The van der Waals surface area contributed by atoms with Crippen LogP contribution in [0.5, 0.6) is 17.2 Å². The number of hydrogen-bond acceptors (Lipinski definition) is 4. The van der Waals surface area contributed by atoms with Gasteiger partial charge >= 0.3 is 0 Å². The van der Waals surface area contributed by atoms with Crippen molar-refractivity contribution in [2.24, 2.45) is 0 Å². The van der Waals surface area contributed by atoms with E-state index in [4.69, 9.17) is 19.2 Å². The zero-order chi connectivity index (χ0) is 24.0. The van der Waals surface area contributed by atoms with Crippen molar-refractivity contribution in [3.8, 4) is 28.5 Å². The summed E-state index contributed by atoms with van der Waals surface area (Å²) in [5.74, 6) is 2.28. The first-order valence-electron chi connectivity index (χ1n) is 12.0. The van der Waals surface area contributed by atoms with Crippen molar-refractivity contribution in [2.75, 3.05) is 0 Å². The molecule has 33 heavy (non-hydrogen) atoms. The monoisotopic (exact) mass is 447 g/mol. The Morgan fingerprint density at radius 1 is 0.758 bits per heavy atom. The molecule has 0 spiro atoms. The third kappa shape index (κ3) is 6.07. The zero-order valence-electron chi connectivity index (χ0n) is 21.1. The Morgan fingerprint density at radius 2 is 1.33 bits per heavy atom. The lowest BCUT2D eigenvalue weighted by Crippen LogP contribution is -2.12. The summed E-state index contributed by atoms with van der Waals surface area (Å²) in [6, 6.07) is 16.4. The number of rotatable bonds is 10. The second-order valence-corrected chi connectivity index (χ2v) is 8.80. The van der Waals surface area contributed by atoms with E-state index in [0.717, 1.165) is 47.0 Å². The highest BCUT2D eigenvalue weighted by Crippen LogP contribution is 2.35. The fraction of sp³-hybridized carbons (Fsp3) is 0.414. The highest BCUT2D eigenvalue weighted by atomic mass is 16.5. The van der Waals surface area contributed by atoms with E-state index in [-0.39, 0.29) is 12.2 Å². The van der Waals surface area contributed by atoms with Crippen LogP contribution in [0.4, 0.5) is 0 Å². The van der Waals surface area contributed by atoms with Crippen molar-refractivity contribution in [1.82, 2.24) is 4.98 Å². The molecule has 0 N–H and O–H groups in total. The minimum atomic E-state index is 0.0435. The molecule has 0 unspecified atom stereocenters. The number of pyridine rings is 1. The lowest BCUT2D eigenvalue weighted by molar-refractivity contribution is 0.210. The van der Waals surface area contributed by atoms with E-state index >= 15 is 0 Å². The molecule has 176 valence electrons. The summed E-state index contributed by atoms with van der Waals surface area (Å²) in [7, 11) is 0. The van der Waals surface area contributed by atoms with Gasteiger partial charge in [0.15, 0.2) is 11.5 Å². The summed E-state index contributed by atoms with van der Waals surface area (Å²) in [4.78, 5) is 5.02. The second kappa shape index (κ2) is 11.2. The standard InChI is InChI=1S/C29H37NO3/c1-8-22-13-12-14-23(9-2)29(22)25-17-28(33-20(5)6)24(21(7)30-25)18-31-26-15-10-11-16-27(26)32-19(3)4/h10-17,19-20H,8-9,18H2,1-7H3. The van der Waals surface area contributed by atoms with Crippen LogP contribution >= 0.6 is 0 Å². The molecular weight excluding hydrogens is 410 g/mol. The van der Waals surface area contributed by atoms with Gasteiger partial charge in [0.25, 0.3) is 0 Å². The van der Waals surface area contributed by atoms with E-state index in [1.807, 2.05) is 58.9 Å². The predicted molar refractivity (Wildman–Crippen MR) is 135 cm³/mol. The lowest BCUT2D eigenvalue weighted by atomic mass is 9.94. The number of aromatic nitrogens is 1. The Bertz CT molecular complexity index is 1050. The first-order valence-corrected chi connectivity index (χ1v) is 12.0. The van der Waals surface area contributed by atoms with Gasteiger partial charge in [0, 0.05) is 17.3 Å². The van der Waals surface area contributed by atoms with Gasteiger partial charge in [-0.15, -0.1) is 0 Å². The minimum absolute atomic E-state index is 0.0435. The van der Waals surface area contributed by atoms with Crippen LogP contribution in [0, 0.1) is 6.92 Å². The number of aryl methyl sites for hydroxylation is 3. The van der Waals surface area contributed by atoms with Crippen molar-refractivity contribution in [3.05, 3.63) is 70.9 Å². The first kappa shape index (κ1) is 24.6. The normalized spacial score (nSPS) is 11.2. The SMILES string of the molecule is CCc1cccc(CC)c1-c1cc(OC(C)C)c(COc2ccccc2OC(C)C)c(C)n1. The van der Waals surface area contributed by atoms with Crippen molar-refractivity contribution in [3.63, 3.8) is 0 Å². The average Bonchev–Trinajstić information content (AvgIpc) is 2.78. The average molecular weight is 448 g/mol. The smallest absolute Gasteiger partial charge is 0.161 e. The number of hydrogen-bond donors (Lipinski definition) is 0. The van der Waals surface area contributed by atoms with E-state index in [2.05, 4.69) is 38.1 Å². The predicted octanol–water partition coefficient (Wildman–Crippen LogP) is 7.34. The van der Waals surface area contributed by atoms with Crippen molar-refractivity contribution in [2.45, 2.75) is 80.1 Å². The van der Waals surface area contributed by atoms with Gasteiger partial charge in [-0.3, -0.25) is 4.98 Å². The molecule has 3 aromatic rings. The molecular formula is C29H37NO3. The Labute approximate surface area is 198 Å². The van der Waals surface area contributed by atoms with Crippen LogP contribution in [0.15, 0.2) is 48.5 Å². The Balaban J connectivity index is 2.01. The summed E-state index contributed by atoms with van der Waals surface area (Å²) in [6.07, 6.45) is 2.04. The fourth-order valence-electron chi connectivity index (χ4n) is 3.97. The molecule has 0 saturated heterocycles. The molecule has 3 rings (SSSR count). The van der Waals surface area contributed by atoms with E-state index < -0.39 is 0 Å². The van der Waals surface area contributed by atoms with E-state index in [1.165, 1.54) is 16.7 Å². The van der Waals surface area contributed by atoms with Crippen LogP contribution in [0.3, 0.4) is 0 Å². The Kier molecular flexibility index (Phi) is 8.37. The zero-order valence-corrected chi connectivity index (χ0v) is 21.1. The maximum atomic E-state index is 6.27. The van der Waals surface area contributed by atoms with Crippen molar-refractivity contribution in [1.29, 1.82) is 0 Å². The van der Waals surface area contributed by atoms with E-state index in [0.29, 0.717) is 6.61 Å². The van der Waals surface area contributed by atoms with Crippen molar-refractivity contribution >= 4 is 0 Å². The largest absolute Gasteiger partial charge is 0.490 e. The summed E-state index contributed by atoms with van der Waals surface area (Å²) in [5.41, 5.74) is 6.67. The van der Waals surface area contributed by atoms with Gasteiger partial charge in [-0.05, 0) is 70.7 Å². The van der Waals surface area contributed by atoms with Crippen LogP contribution < -0.4 is 14.2 Å². The van der Waals surface area contributed by atoms with Crippen LogP contribution in [0.25, 0.3) is 11.3 Å². The van der Waals surface area contributed by atoms with Crippen LogP contribution in [0.2, 0.25) is 0 Å². The van der Waals surface area contributed by atoms with Crippen molar-refractivity contribution < 1.29 is 14.2 Å². The number of benzene rings is 2. The van der Waals surface area contributed by atoms with Crippen LogP contribution in [0.1, 0.15) is 63.9 Å². The summed E-state index contributed by atoms with van der Waals surface area (Å²) >= 11 is 0. The molecule has 0 radical (unpaired) electrons. The number of ether oxygens (including phenoxy) is 3. The Hall–Kier alpha value is -3.01. The third-order valence-electron chi connectivity index (χ3n) is 5.49. The quantitative estimate of drug-likeness (QED) is 0.326. The summed E-state index contributed by atoms with van der Waals surface area (Å²) in [5, 5.41) is 0. The highest BCUT2D eigenvalue weighted by molar-refractivity contribution is 5.70. The maximum Gasteiger partial charge on any atom is 0.161 e. The summed E-state index contributed by atoms with van der Waals surface area (Å²) in [6.45, 7) is 14.9. The molecule has 4 nitrogen and oxygen atoms in total. The number of para-hydroxylation sites is 2. The second-order valence-electron chi connectivity index (χ2n) is 8.80. The molecule has 2 aromatic carbocycles. The minimum Gasteiger partial charge on any atom is -0.490 e. The molecule has 1 aromatic heterocycles. The number of nitrogens with zero attached hydrogens (tertiary/aromatic N) is 1. The molecule has 1 heterocycles. The lowest BCUT2D eigenvalue weighted by Gasteiger charge is -2.20. The summed E-state index contributed by atoms with van der Waals surface area (Å²) < 4.78 is 18.4. The molecule has 0 amide bonds. The third-order valence-corrected chi connectivity index (χ3v) is 5.49. The topological polar surface area (TPSA) is 40.6 Å². The molecule has 4 heteroatoms. The molecule has 0 bridgehead atoms. The molecule has 0 atom stereocenters. The Morgan fingerprint density at radius 3 is 1.91 bits per heavy atom. The molecule has 0 fully saturated rings. The van der Waals surface area contributed by atoms with Crippen LogP contribution in [-0.2, 0) is 19.4 Å². The van der Waals surface area contributed by atoms with Gasteiger partial charge in [-0.1, -0.05) is 44.2 Å². The van der Waals surface area contributed by atoms with Gasteiger partial charge in [-0.2, -0.15) is 0 Å². The fourth-order valence-corrected chi connectivity index (χ4v) is 3.97. The van der Waals surface area contributed by atoms with Gasteiger partial charge in [0.1, 0.15) is 12.4 Å². The van der Waals surface area contributed by atoms with E-state index in [1.54, 1.807) is 0 Å². The highest BCUT2D eigenvalue weighted by Gasteiger charge is 2.18. The molecule has 0 aliphatic heterocycles. The molecule has 0 saturated carbocycles. The van der Waals surface area contributed by atoms with Gasteiger partial charge in [-0.25, -0.2) is 0 Å². The first-order chi connectivity index (χ1) is 15.8. The molecule has 0 aliphatic carbocycles. The van der Waals surface area contributed by atoms with Crippen LogP contribution in [-0.4, -0.2) is 17.2 Å². The molecule has 0 aliphatic rings. The van der Waals surface area contributed by atoms with Gasteiger partial charge in [0.05, 0.1) is 23.5 Å². The van der Waals surface area contributed by atoms with E-state index in [9.17, 15) is 0 Å². The van der Waals surface area contributed by atoms with Gasteiger partial charge < -0.3 is 14.2 Å². The van der Waals surface area contributed by atoms with Gasteiger partial charge in [0.2, 0.25) is 0 Å². The maximum absolute atomic E-state index is 6.27.